The maximum atomic E-state index is 12.9. The summed E-state index contributed by atoms with van der Waals surface area (Å²) in [6.45, 7) is 7.61. The van der Waals surface area contributed by atoms with Crippen molar-refractivity contribution in [3.63, 3.8) is 0 Å². The van der Waals surface area contributed by atoms with Crippen LogP contribution in [0.15, 0.2) is 114 Å². The Morgan fingerprint density at radius 1 is 0.702 bits per heavy atom. The number of anilines is 4. The Morgan fingerprint density at radius 3 is 1.67 bits per heavy atom. The lowest BCUT2D eigenvalue weighted by Crippen LogP contribution is -2.52. The molecule has 2 aromatic heterocycles. The highest BCUT2D eigenvalue weighted by molar-refractivity contribution is 7.93. The van der Waals surface area contributed by atoms with Gasteiger partial charge in [-0.25, -0.2) is 36.8 Å². The highest BCUT2D eigenvalue weighted by atomic mass is 35.5. The van der Waals surface area contributed by atoms with Gasteiger partial charge in [0.2, 0.25) is 0 Å². The maximum absolute atomic E-state index is 12.9. The van der Waals surface area contributed by atoms with E-state index in [0.29, 0.717) is 37.0 Å². The standard InChI is InChI=1S/C23H23Cl2N5O4S.C14H17N5O2S/c1-16(34-20-4-2-3-19(24)22(20)25)23(31)30-13-11-29(12-14-30)17-5-7-18(8-6-17)35(32,33)28-21-9-10-26-15-27-21;20-22(21,18-14-5-6-16-11-17-14)13-3-1-12(2-4-13)19-9-7-15-8-10-19/h2-10,15-16H,11-14H2,1H3,(H,26,27,28);1-6,11,15H,7-10H2,(H,16,17,18). The third-order valence-corrected chi connectivity index (χ3v) is 12.5. The van der Waals surface area contributed by atoms with Crippen molar-refractivity contribution in [1.29, 1.82) is 0 Å². The number of hydrogen-bond donors (Lipinski definition) is 3. The SMILES string of the molecule is CC(Oc1cccc(Cl)c1Cl)C(=O)N1CCN(c2ccc(S(=O)(=O)Nc3ccncn3)cc2)CC1.O=S(=O)(Nc1ccncn1)c1ccc(N2CCNCC2)cc1. The summed E-state index contributed by atoms with van der Waals surface area (Å²) in [5.41, 5.74) is 1.90. The van der Waals surface area contributed by atoms with Gasteiger partial charge < -0.3 is 24.8 Å². The second-order valence-corrected chi connectivity index (χ2v) is 16.9. The van der Waals surface area contributed by atoms with Gasteiger partial charge in [0.15, 0.2) is 6.10 Å². The van der Waals surface area contributed by atoms with Crippen LogP contribution in [0.5, 0.6) is 5.75 Å². The highest BCUT2D eigenvalue weighted by Gasteiger charge is 2.27. The molecule has 0 spiro atoms. The molecule has 2 aliphatic rings. The largest absolute Gasteiger partial charge is 0.479 e. The van der Waals surface area contributed by atoms with Crippen LogP contribution in [-0.2, 0) is 24.8 Å². The molecule has 57 heavy (non-hydrogen) atoms. The molecule has 300 valence electrons. The third-order valence-electron chi connectivity index (χ3n) is 8.94. The molecule has 0 bridgehead atoms. The second kappa shape index (κ2) is 18.8. The molecule has 0 radical (unpaired) electrons. The van der Waals surface area contributed by atoms with E-state index in [1.165, 1.54) is 37.2 Å². The number of ether oxygens (including phenoxy) is 1. The van der Waals surface area contributed by atoms with Crippen LogP contribution in [-0.4, -0.2) is 106 Å². The van der Waals surface area contributed by atoms with E-state index < -0.39 is 26.2 Å². The van der Waals surface area contributed by atoms with E-state index in [2.05, 4.69) is 44.5 Å². The average molecular weight is 856 g/mol. The molecule has 5 aromatic rings. The molecule has 0 aliphatic carbocycles. The fraction of sp³-hybridized carbons (Fsp3) is 0.270. The summed E-state index contributed by atoms with van der Waals surface area (Å²) in [6.07, 6.45) is 4.79. The second-order valence-electron chi connectivity index (χ2n) is 12.7. The number of sulfonamides is 2. The fourth-order valence-corrected chi connectivity index (χ4v) is 8.30. The molecule has 3 aromatic carbocycles. The minimum Gasteiger partial charge on any atom is -0.479 e. The van der Waals surface area contributed by atoms with Crippen molar-refractivity contribution in [2.75, 3.05) is 71.6 Å². The Hall–Kier alpha value is -5.27. The number of rotatable bonds is 11. The first-order valence-electron chi connectivity index (χ1n) is 17.8. The van der Waals surface area contributed by atoms with E-state index in [9.17, 15) is 21.6 Å². The summed E-state index contributed by atoms with van der Waals surface area (Å²) in [6, 6.07) is 21.5. The van der Waals surface area contributed by atoms with Crippen LogP contribution < -0.4 is 29.3 Å². The molecule has 0 saturated carbocycles. The maximum Gasteiger partial charge on any atom is 0.263 e. The Kier molecular flexibility index (Phi) is 13.6. The van der Waals surface area contributed by atoms with Gasteiger partial charge >= 0.3 is 0 Å². The van der Waals surface area contributed by atoms with Gasteiger partial charge in [-0.1, -0.05) is 29.3 Å². The minimum absolute atomic E-state index is 0.124. The topological polar surface area (TPSA) is 192 Å². The monoisotopic (exact) mass is 854 g/mol. The van der Waals surface area contributed by atoms with Crippen molar-refractivity contribution in [1.82, 2.24) is 30.2 Å². The van der Waals surface area contributed by atoms with Gasteiger partial charge in [0.05, 0.1) is 14.8 Å². The molecule has 2 aliphatic heterocycles. The van der Waals surface area contributed by atoms with Crippen molar-refractivity contribution in [3.8, 4) is 5.75 Å². The van der Waals surface area contributed by atoms with E-state index in [1.807, 2.05) is 12.1 Å². The number of amides is 1. The summed E-state index contributed by atoms with van der Waals surface area (Å²) in [4.78, 5) is 34.5. The zero-order valence-corrected chi connectivity index (χ0v) is 33.8. The van der Waals surface area contributed by atoms with E-state index in [1.54, 1.807) is 66.4 Å². The minimum atomic E-state index is -3.77. The van der Waals surface area contributed by atoms with Crippen molar-refractivity contribution in [2.24, 2.45) is 0 Å². The van der Waals surface area contributed by atoms with E-state index >= 15 is 0 Å². The average Bonchev–Trinajstić information content (AvgIpc) is 3.23. The number of carbonyl (C=O) groups excluding carboxylic acids is 1. The number of hydrogen-bond acceptors (Lipinski definition) is 13. The van der Waals surface area contributed by atoms with E-state index in [-0.39, 0.29) is 32.4 Å². The molecule has 7 rings (SSSR count). The van der Waals surface area contributed by atoms with Crippen molar-refractivity contribution < 1.29 is 26.4 Å². The predicted molar refractivity (Wildman–Crippen MR) is 219 cm³/mol. The predicted octanol–water partition coefficient (Wildman–Crippen LogP) is 4.39. The van der Waals surface area contributed by atoms with Crippen molar-refractivity contribution in [3.05, 3.63) is 114 Å². The molecule has 2 fully saturated rings. The number of halogens is 2. The third kappa shape index (κ3) is 11.0. The van der Waals surface area contributed by atoms with Gasteiger partial charge in [-0.3, -0.25) is 14.2 Å². The number of piperazine rings is 2. The molecular weight excluding hydrogens is 816 g/mol. The van der Waals surface area contributed by atoms with Crippen LogP contribution in [0.3, 0.4) is 0 Å². The summed E-state index contributed by atoms with van der Waals surface area (Å²) in [5.74, 6) is 0.669. The van der Waals surface area contributed by atoms with Crippen LogP contribution in [0.4, 0.5) is 23.0 Å². The van der Waals surface area contributed by atoms with Gasteiger partial charge in [-0.2, -0.15) is 0 Å². The molecule has 1 atom stereocenters. The fourth-order valence-electron chi connectivity index (χ4n) is 5.95. The number of benzene rings is 3. The van der Waals surface area contributed by atoms with Crippen LogP contribution in [0.2, 0.25) is 10.0 Å². The summed E-state index contributed by atoms with van der Waals surface area (Å²) >= 11 is 12.2. The van der Waals surface area contributed by atoms with Gasteiger partial charge in [0, 0.05) is 76.1 Å². The van der Waals surface area contributed by atoms with Gasteiger partial charge in [-0.05, 0) is 79.7 Å². The number of nitrogens with zero attached hydrogens (tertiary/aromatic N) is 7. The Morgan fingerprint density at radius 2 is 1.19 bits per heavy atom. The Bertz CT molecular complexity index is 2320. The molecular formula is C37H40Cl2N10O6S2. The molecule has 20 heteroatoms. The first-order chi connectivity index (χ1) is 27.4. The quantitative estimate of drug-likeness (QED) is 0.170. The van der Waals surface area contributed by atoms with Gasteiger partial charge in [0.25, 0.3) is 26.0 Å². The van der Waals surface area contributed by atoms with Gasteiger partial charge in [0.1, 0.15) is 35.1 Å². The lowest BCUT2D eigenvalue weighted by molar-refractivity contribution is -0.138. The first kappa shape index (κ1) is 41.4. The molecule has 4 heterocycles. The van der Waals surface area contributed by atoms with Crippen LogP contribution in [0.1, 0.15) is 6.92 Å². The number of carbonyl (C=O) groups is 1. The lowest BCUT2D eigenvalue weighted by Gasteiger charge is -2.37. The molecule has 1 amide bonds. The van der Waals surface area contributed by atoms with Crippen molar-refractivity contribution in [2.45, 2.75) is 22.8 Å². The Balaban J connectivity index is 0.000000214. The highest BCUT2D eigenvalue weighted by Crippen LogP contribution is 2.32. The van der Waals surface area contributed by atoms with E-state index in [4.69, 9.17) is 27.9 Å². The van der Waals surface area contributed by atoms with Crippen LogP contribution >= 0.6 is 23.2 Å². The van der Waals surface area contributed by atoms with Crippen LogP contribution in [0, 0.1) is 0 Å². The Labute approximate surface area is 341 Å². The normalized spacial score (nSPS) is 15.2. The summed E-state index contributed by atoms with van der Waals surface area (Å²) in [7, 11) is -7.40. The van der Waals surface area contributed by atoms with Crippen LogP contribution in [0.25, 0.3) is 0 Å². The first-order valence-corrected chi connectivity index (χ1v) is 21.5. The zero-order valence-electron chi connectivity index (χ0n) is 30.7. The van der Waals surface area contributed by atoms with Gasteiger partial charge in [-0.15, -0.1) is 0 Å². The lowest BCUT2D eigenvalue weighted by atomic mass is 10.2. The number of nitrogens with one attached hydrogen (secondary N) is 3. The molecule has 16 nitrogen and oxygen atoms in total. The smallest absolute Gasteiger partial charge is 0.263 e. The van der Waals surface area contributed by atoms with Crippen molar-refractivity contribution >= 4 is 72.2 Å². The summed E-state index contributed by atoms with van der Waals surface area (Å²) < 4.78 is 60.4. The molecule has 1 unspecified atom stereocenters. The molecule has 2 saturated heterocycles. The summed E-state index contributed by atoms with van der Waals surface area (Å²) in [5, 5.41) is 3.92. The van der Waals surface area contributed by atoms with E-state index in [0.717, 1.165) is 37.6 Å². The number of aromatic nitrogens is 4. The molecule has 3 N–H and O–H groups in total. The zero-order chi connectivity index (χ0) is 40.4.